The number of carbonyl (C=O) groups excluding carboxylic acids is 17. The summed E-state index contributed by atoms with van der Waals surface area (Å²) in [5.74, 6) is -19.4. The monoisotopic (exact) mass is 2100 g/mol. The number of thioether (sulfide) groups is 1. The molecule has 3 saturated heterocycles. The molecule has 10 rings (SSSR count). The maximum Gasteiger partial charge on any atom is 0.323 e. The number of amides is 17. The van der Waals surface area contributed by atoms with Gasteiger partial charge in [-0.05, 0) is 123 Å². The van der Waals surface area contributed by atoms with Crippen molar-refractivity contribution in [2.24, 2.45) is 23.3 Å². The first-order valence-electron chi connectivity index (χ1n) is 50.7. The number of carboxylic acids is 1. The number of aromatic nitrogens is 2. The normalized spacial score (nSPS) is 23.5. The van der Waals surface area contributed by atoms with Gasteiger partial charge in [-0.1, -0.05) is 152 Å². The molecule has 17 amide bonds. The number of hydrogen-bond acceptors (Lipinski definition) is 25. The van der Waals surface area contributed by atoms with E-state index in [1.807, 2.05) is 13.8 Å². The molecule has 0 bridgehead atoms. The predicted molar refractivity (Wildman–Crippen MR) is 556 cm³/mol. The number of aliphatic hydroxyl groups excluding tert-OH is 1. The number of nitrogens with one attached hydrogen (secondary N) is 13. The van der Waals surface area contributed by atoms with Crippen LogP contribution in [0.4, 0.5) is 0 Å². The van der Waals surface area contributed by atoms with Crippen molar-refractivity contribution in [3.8, 4) is 17.2 Å². The lowest BCUT2D eigenvalue weighted by atomic mass is 9.99. The van der Waals surface area contributed by atoms with Crippen LogP contribution in [-0.4, -0.2) is 322 Å². The number of hydrogen-bond donors (Lipinski definition) is 20. The number of unbranched alkanes of at least 4 members (excludes halogenated alkanes) is 2. The molecule has 22 N–H and O–H groups in total. The number of aliphatic hydroxyl groups is 1. The van der Waals surface area contributed by atoms with Crippen LogP contribution in [-0.2, 0) is 125 Å². The maximum absolute atomic E-state index is 16.3. The quantitative estimate of drug-likeness (QED) is 0.0260. The highest BCUT2D eigenvalue weighted by molar-refractivity contribution is 8.00. The lowest BCUT2D eigenvalue weighted by Crippen LogP contribution is -2.62. The largest absolute Gasteiger partial charge is 0.508 e. The fraction of sp³-hybridized carbons (Fsp3) is 0.505. The average molecular weight is 2100 g/mol. The van der Waals surface area contributed by atoms with Crippen molar-refractivity contribution in [1.82, 2.24) is 97.9 Å². The number of H-pyrrole nitrogens is 1. The number of aromatic hydroxyl groups is 3. The van der Waals surface area contributed by atoms with Gasteiger partial charge in [-0.15, -0.1) is 11.8 Å². The van der Waals surface area contributed by atoms with E-state index in [0.29, 0.717) is 75.3 Å². The number of rotatable bonds is 32. The summed E-state index contributed by atoms with van der Waals surface area (Å²) in [6.07, 6.45) is 0.520. The van der Waals surface area contributed by atoms with Gasteiger partial charge < -0.3 is 135 Å². The van der Waals surface area contributed by atoms with Gasteiger partial charge in [0.15, 0.2) is 0 Å². The molecular formula is C105H143N21O23S. The van der Waals surface area contributed by atoms with Crippen LogP contribution in [0.15, 0.2) is 134 Å². The summed E-state index contributed by atoms with van der Waals surface area (Å²) in [5.41, 5.74) is 14.3. The third-order valence-electron chi connectivity index (χ3n) is 27.0. The Balaban J connectivity index is 1.07. The molecule has 812 valence electrons. The molecule has 150 heavy (non-hydrogen) atoms. The van der Waals surface area contributed by atoms with Gasteiger partial charge in [0, 0.05) is 131 Å². The summed E-state index contributed by atoms with van der Waals surface area (Å²) in [4.78, 5) is 277. The zero-order chi connectivity index (χ0) is 109. The molecule has 3 fully saturated rings. The first-order chi connectivity index (χ1) is 71.4. The Morgan fingerprint density at radius 1 is 0.500 bits per heavy atom. The van der Waals surface area contributed by atoms with Gasteiger partial charge >= 0.3 is 5.97 Å². The van der Waals surface area contributed by atoms with Crippen molar-refractivity contribution in [2.45, 2.75) is 262 Å². The number of aromatic amines is 1. The van der Waals surface area contributed by atoms with Crippen LogP contribution < -0.4 is 75.3 Å². The van der Waals surface area contributed by atoms with Gasteiger partial charge in [-0.3, -0.25) is 86.3 Å². The van der Waals surface area contributed by atoms with E-state index in [1.165, 1.54) is 75.2 Å². The van der Waals surface area contributed by atoms with Gasteiger partial charge in [-0.25, -0.2) is 0 Å². The maximum atomic E-state index is 16.3. The van der Waals surface area contributed by atoms with Crippen LogP contribution in [0.1, 0.15) is 160 Å². The van der Waals surface area contributed by atoms with Crippen LogP contribution in [0.25, 0.3) is 21.8 Å². The highest BCUT2D eigenvalue weighted by Gasteiger charge is 2.47. The number of para-hydroxylation sites is 4. The van der Waals surface area contributed by atoms with Gasteiger partial charge in [0.1, 0.15) is 108 Å². The predicted octanol–water partition coefficient (Wildman–Crippen LogP) is 0.835. The lowest BCUT2D eigenvalue weighted by molar-refractivity contribution is -0.149. The SMILES string of the molecule is CCCC[C@H]1C(=O)N(C)[C@@H](CCCC)C(=O)N[C@@H](CC(C)C)C(=O)N[C@H](C(=O)NCC(N)=O)CSCC(=O)N[C@@H](Cc2ccc(O)cc2)C(=O)N(C)[C@@H](C)C(=O)N[C@@H](CC(N)=O)C(=O)N2CCC[C@H]2C(=O)N[C@@H](CNCc2ccccc2O)C(=O)N[C@@H](CC(C)C)C(=O)N2C[C@H](O)C[C@H]2C(=O)N[C@@H](Cc2c[nH]c3ccccc23)C(=O)N[C@@H](CCNCc2ccccc2O)C(=O)N[C@@H](Cc2cn(CC(=O)O)c3ccccc23)C(=O)N1C. The van der Waals surface area contributed by atoms with Crippen LogP contribution in [0, 0.1) is 11.8 Å². The number of carboxylic acid groups (broad SMARTS) is 1. The second kappa shape index (κ2) is 56.0. The van der Waals surface area contributed by atoms with Gasteiger partial charge in [0.25, 0.3) is 0 Å². The number of phenolic OH excluding ortho intramolecular Hbond substituents is 3. The Morgan fingerprint density at radius 3 is 1.68 bits per heavy atom. The van der Waals surface area contributed by atoms with Crippen molar-refractivity contribution in [1.29, 1.82) is 0 Å². The van der Waals surface area contributed by atoms with E-state index in [1.54, 1.807) is 119 Å². The first kappa shape index (κ1) is 117. The summed E-state index contributed by atoms with van der Waals surface area (Å²) in [6.45, 7) is 9.40. The first-order valence-corrected chi connectivity index (χ1v) is 51.9. The Bertz CT molecular complexity index is 5960. The van der Waals surface area contributed by atoms with E-state index in [-0.39, 0.29) is 107 Å². The molecule has 0 radical (unpaired) electrons. The third kappa shape index (κ3) is 32.9. The molecule has 15 atom stereocenters. The lowest BCUT2D eigenvalue weighted by Gasteiger charge is -2.36. The van der Waals surface area contributed by atoms with E-state index < -0.39 is 260 Å². The van der Waals surface area contributed by atoms with E-state index in [0.717, 1.165) is 36.3 Å². The second-order valence-electron chi connectivity index (χ2n) is 39.3. The number of nitrogens with zero attached hydrogens (tertiary/aromatic N) is 6. The fourth-order valence-electron chi connectivity index (χ4n) is 18.8. The zero-order valence-corrected chi connectivity index (χ0v) is 87.0. The molecule has 0 spiro atoms. The molecular weight excluding hydrogens is 1960 g/mol. The second-order valence-corrected chi connectivity index (χ2v) is 40.4. The molecule has 3 aliphatic rings. The minimum atomic E-state index is -1.81. The van der Waals surface area contributed by atoms with E-state index >= 15 is 52.7 Å². The molecule has 5 heterocycles. The van der Waals surface area contributed by atoms with Crippen molar-refractivity contribution < 1.29 is 112 Å². The number of likely N-dealkylation sites (N-methyl/N-ethyl adjacent to an activating group) is 3. The summed E-state index contributed by atoms with van der Waals surface area (Å²) in [6, 6.07) is 9.95. The number of nitrogens with two attached hydrogens (primary N) is 2. The standard InChI is InChI=1S/C105H143N21O23S/c1-11-13-29-82-98(142)114-73(42-59(3)4)95(139)120-80(93(137)111-53-89(107)132)57-150-58-90(133)112-76(44-62-35-37-67(127)38-36-62)101(145)121(8)61(7)92(136)116-78(48-88(106)131)103(147)125-41-23-32-83(125)99(143)119-79(52-109-50-64-25-16-22-34-87(64)130)97(141)117-75(43-60(5)6)104(148)126-55-68(128)47-85(126)100(144)115-74(45-65-51-110-71-28-19-17-26-69(65)71)96(140)113-72(39-40-108-49-63-24-15-21-33-86(63)129)94(138)118-77(102(146)123(10)84(30-14-12-2)105(149)122(82)9)46-66-54-124(56-91(134)135)81-31-20-18-27-70(66)81/h15-22,24-28,31,33-38,51,54,59-61,68,72-80,82-85,108-110,127-130H,11-14,23,29-30,32,39-50,52-53,55-58H2,1-10H3,(H2,106,131)(H2,107,132)(H,111,137)(H,112,133)(H,113,140)(H,114,142)(H,115,144)(H,116,136)(H,117,141)(H,118,138)(H,119,143)(H,120,139)(H,134,135)/t61-,68+,72-,73-,74-,75-,76-,77-,78-,79-,80-,82-,83-,84-,85-/m0/s1. The fourth-order valence-corrected chi connectivity index (χ4v) is 19.6. The van der Waals surface area contributed by atoms with Gasteiger partial charge in [-0.2, -0.15) is 0 Å². The van der Waals surface area contributed by atoms with Crippen molar-refractivity contribution in [2.75, 3.05) is 65.4 Å². The van der Waals surface area contributed by atoms with Crippen LogP contribution in [0.3, 0.4) is 0 Å². The van der Waals surface area contributed by atoms with Crippen molar-refractivity contribution in [3.63, 3.8) is 0 Å². The number of phenols is 3. The Labute approximate surface area is 874 Å². The van der Waals surface area contributed by atoms with Crippen molar-refractivity contribution in [3.05, 3.63) is 162 Å². The zero-order valence-electron chi connectivity index (χ0n) is 86.2. The third-order valence-corrected chi connectivity index (χ3v) is 28.0. The molecule has 7 aromatic rings. The molecule has 3 aliphatic heterocycles. The number of aliphatic carboxylic acids is 1. The van der Waals surface area contributed by atoms with Crippen molar-refractivity contribution >= 4 is 140 Å². The van der Waals surface area contributed by atoms with Gasteiger partial charge in [0.2, 0.25) is 100 Å². The Hall–Kier alpha value is -14.7. The molecule has 45 heteroatoms. The van der Waals surface area contributed by atoms with E-state index in [2.05, 4.69) is 68.8 Å². The molecule has 44 nitrogen and oxygen atoms in total. The Morgan fingerprint density at radius 2 is 1.03 bits per heavy atom. The van der Waals surface area contributed by atoms with Crippen LogP contribution in [0.2, 0.25) is 0 Å². The minimum absolute atomic E-state index is 0.0169. The molecule has 2 aromatic heterocycles. The topological polar surface area (TPSA) is 642 Å². The minimum Gasteiger partial charge on any atom is -0.508 e. The molecule has 0 unspecified atom stereocenters. The van der Waals surface area contributed by atoms with E-state index in [9.17, 15) is 59.1 Å². The number of benzene rings is 5. The number of primary amides is 2. The van der Waals surface area contributed by atoms with Crippen LogP contribution in [0.5, 0.6) is 17.2 Å². The molecule has 5 aromatic carbocycles. The number of fused-ring (bicyclic) bond motifs is 4. The Kier molecular flexibility index (Phi) is 43.8. The smallest absolute Gasteiger partial charge is 0.323 e. The summed E-state index contributed by atoms with van der Waals surface area (Å²) >= 11 is 0.779. The average Bonchev–Trinajstić information content (AvgIpc) is 1.57. The summed E-state index contributed by atoms with van der Waals surface area (Å²) in [5, 5.41) is 88.6. The molecule has 0 aliphatic carbocycles. The highest BCUT2D eigenvalue weighted by Crippen LogP contribution is 2.30. The number of carbonyl (C=O) groups is 18. The van der Waals surface area contributed by atoms with Gasteiger partial charge in [0.05, 0.1) is 24.8 Å². The summed E-state index contributed by atoms with van der Waals surface area (Å²) in [7, 11) is 3.92. The summed E-state index contributed by atoms with van der Waals surface area (Å²) < 4.78 is 1.44. The van der Waals surface area contributed by atoms with E-state index in [4.69, 9.17) is 11.5 Å². The highest BCUT2D eigenvalue weighted by atomic mass is 32.2. The van der Waals surface area contributed by atoms with Crippen LogP contribution >= 0.6 is 11.8 Å². The molecule has 0 saturated carbocycles.